The standard InChI is InChI=1S/C14H21N3O3S/c1-3-9(18)12-11(16)10(14(19)20-2)13(21-12)17-6-4-8(15)5-7-17/h8H,3-7,15-16H2,1-2H3. The highest BCUT2D eigenvalue weighted by atomic mass is 32.1. The summed E-state index contributed by atoms with van der Waals surface area (Å²) in [6.07, 6.45) is 2.07. The summed E-state index contributed by atoms with van der Waals surface area (Å²) >= 11 is 1.28. The molecule has 0 unspecified atom stereocenters. The Morgan fingerprint density at radius 3 is 2.52 bits per heavy atom. The molecule has 0 atom stereocenters. The summed E-state index contributed by atoms with van der Waals surface area (Å²) in [5, 5.41) is 0.725. The second-order valence-corrected chi connectivity index (χ2v) is 6.12. The molecular formula is C14H21N3O3S. The van der Waals surface area contributed by atoms with E-state index in [4.69, 9.17) is 16.2 Å². The molecule has 21 heavy (non-hydrogen) atoms. The number of esters is 1. The fraction of sp³-hybridized carbons (Fsp3) is 0.571. The number of carbonyl (C=O) groups excluding carboxylic acids is 2. The molecule has 1 fully saturated rings. The highest BCUT2D eigenvalue weighted by Crippen LogP contribution is 2.40. The summed E-state index contributed by atoms with van der Waals surface area (Å²) in [7, 11) is 1.32. The summed E-state index contributed by atoms with van der Waals surface area (Å²) in [5.74, 6) is -0.550. The second-order valence-electron chi connectivity index (χ2n) is 5.12. The maximum atomic E-state index is 12.0. The zero-order valence-electron chi connectivity index (χ0n) is 12.3. The van der Waals surface area contributed by atoms with Gasteiger partial charge in [0.1, 0.15) is 10.6 Å². The first-order chi connectivity index (χ1) is 9.99. The number of anilines is 2. The lowest BCUT2D eigenvalue weighted by Crippen LogP contribution is -2.39. The molecule has 0 amide bonds. The van der Waals surface area contributed by atoms with E-state index >= 15 is 0 Å². The van der Waals surface area contributed by atoms with Crippen LogP contribution in [0.3, 0.4) is 0 Å². The molecular weight excluding hydrogens is 290 g/mol. The highest BCUT2D eigenvalue weighted by molar-refractivity contribution is 7.19. The summed E-state index contributed by atoms with van der Waals surface area (Å²) in [5.41, 5.74) is 12.5. The van der Waals surface area contributed by atoms with Crippen molar-refractivity contribution < 1.29 is 14.3 Å². The number of rotatable bonds is 4. The number of ketones is 1. The van der Waals surface area contributed by atoms with E-state index in [0.29, 0.717) is 16.9 Å². The Balaban J connectivity index is 2.43. The number of nitrogen functional groups attached to an aromatic ring is 1. The Labute approximate surface area is 128 Å². The van der Waals surface area contributed by atoms with E-state index in [1.165, 1.54) is 18.4 Å². The van der Waals surface area contributed by atoms with Crippen LogP contribution in [-0.2, 0) is 4.74 Å². The molecule has 4 N–H and O–H groups in total. The maximum Gasteiger partial charge on any atom is 0.343 e. The van der Waals surface area contributed by atoms with Gasteiger partial charge >= 0.3 is 5.97 Å². The van der Waals surface area contributed by atoms with Gasteiger partial charge < -0.3 is 21.1 Å². The number of carbonyl (C=O) groups is 2. The molecule has 6 nitrogen and oxygen atoms in total. The molecule has 1 aromatic heterocycles. The third-order valence-corrected chi connectivity index (χ3v) is 5.02. The smallest absolute Gasteiger partial charge is 0.343 e. The van der Waals surface area contributed by atoms with Crippen LogP contribution >= 0.6 is 11.3 Å². The van der Waals surface area contributed by atoms with Crippen LogP contribution in [0.1, 0.15) is 46.2 Å². The van der Waals surface area contributed by atoms with Crippen molar-refractivity contribution in [2.45, 2.75) is 32.2 Å². The van der Waals surface area contributed by atoms with Crippen LogP contribution in [0.15, 0.2) is 0 Å². The number of hydrogen-bond acceptors (Lipinski definition) is 7. The van der Waals surface area contributed by atoms with E-state index in [2.05, 4.69) is 4.90 Å². The van der Waals surface area contributed by atoms with Gasteiger partial charge in [0.25, 0.3) is 0 Å². The highest BCUT2D eigenvalue weighted by Gasteiger charge is 2.29. The third kappa shape index (κ3) is 3.03. The van der Waals surface area contributed by atoms with Gasteiger partial charge in [-0.1, -0.05) is 6.92 Å². The fourth-order valence-corrected chi connectivity index (χ4v) is 3.69. The van der Waals surface area contributed by atoms with Crippen LogP contribution in [0, 0.1) is 0 Å². The van der Waals surface area contributed by atoms with Crippen molar-refractivity contribution >= 4 is 33.8 Å². The molecule has 0 saturated carbocycles. The van der Waals surface area contributed by atoms with Crippen molar-refractivity contribution in [2.24, 2.45) is 5.73 Å². The molecule has 7 heteroatoms. The van der Waals surface area contributed by atoms with E-state index in [9.17, 15) is 9.59 Å². The minimum absolute atomic E-state index is 0.0531. The van der Waals surface area contributed by atoms with Crippen LogP contribution in [0.4, 0.5) is 10.7 Å². The predicted octanol–water partition coefficient (Wildman–Crippen LogP) is 1.64. The summed E-state index contributed by atoms with van der Waals surface area (Å²) in [4.78, 5) is 26.5. The number of hydrogen-bond donors (Lipinski definition) is 2. The first-order valence-electron chi connectivity index (χ1n) is 7.03. The van der Waals surface area contributed by atoms with Gasteiger partial charge in [0.05, 0.1) is 17.7 Å². The second kappa shape index (κ2) is 6.44. The topological polar surface area (TPSA) is 98.6 Å². The predicted molar refractivity (Wildman–Crippen MR) is 84.1 cm³/mol. The van der Waals surface area contributed by atoms with Crippen molar-refractivity contribution in [3.8, 4) is 0 Å². The molecule has 1 aromatic rings. The van der Waals surface area contributed by atoms with Crippen LogP contribution in [-0.4, -0.2) is 38.0 Å². The number of methoxy groups -OCH3 is 1. The average molecular weight is 311 g/mol. The Morgan fingerprint density at radius 1 is 1.38 bits per heavy atom. The van der Waals surface area contributed by atoms with Crippen LogP contribution in [0.5, 0.6) is 0 Å². The summed E-state index contributed by atoms with van der Waals surface area (Å²) in [6.45, 7) is 3.29. The van der Waals surface area contributed by atoms with Crippen molar-refractivity contribution in [1.82, 2.24) is 0 Å². The van der Waals surface area contributed by atoms with Crippen LogP contribution < -0.4 is 16.4 Å². The number of nitrogens with zero attached hydrogens (tertiary/aromatic N) is 1. The quantitative estimate of drug-likeness (QED) is 0.648. The van der Waals surface area contributed by atoms with Crippen LogP contribution in [0.2, 0.25) is 0 Å². The monoisotopic (exact) mass is 311 g/mol. The number of thiophene rings is 1. The van der Waals surface area contributed by atoms with Crippen molar-refractivity contribution in [1.29, 1.82) is 0 Å². The Hall–Kier alpha value is -1.60. The largest absolute Gasteiger partial charge is 0.465 e. The van der Waals surface area contributed by atoms with Crippen LogP contribution in [0.25, 0.3) is 0 Å². The van der Waals surface area contributed by atoms with Gasteiger partial charge in [-0.05, 0) is 12.8 Å². The molecule has 0 aromatic carbocycles. The lowest BCUT2D eigenvalue weighted by atomic mass is 10.1. The zero-order valence-corrected chi connectivity index (χ0v) is 13.2. The minimum atomic E-state index is -0.497. The van der Waals surface area contributed by atoms with Gasteiger partial charge in [0, 0.05) is 25.6 Å². The average Bonchev–Trinajstić information content (AvgIpc) is 2.84. The number of piperidine rings is 1. The SMILES string of the molecule is CCC(=O)c1sc(N2CCC(N)CC2)c(C(=O)OC)c1N. The molecule has 116 valence electrons. The lowest BCUT2D eigenvalue weighted by molar-refractivity contribution is 0.0603. The molecule has 1 saturated heterocycles. The zero-order chi connectivity index (χ0) is 15.6. The molecule has 0 aliphatic carbocycles. The Morgan fingerprint density at radius 2 is 2.00 bits per heavy atom. The number of ether oxygens (including phenoxy) is 1. The van der Waals surface area contributed by atoms with Gasteiger partial charge in [0.2, 0.25) is 0 Å². The fourth-order valence-electron chi connectivity index (χ4n) is 2.42. The van der Waals surface area contributed by atoms with Gasteiger partial charge in [-0.15, -0.1) is 11.3 Å². The van der Waals surface area contributed by atoms with Gasteiger partial charge in [-0.25, -0.2) is 4.79 Å². The molecule has 0 bridgehead atoms. The Bertz CT molecular complexity index is 548. The first-order valence-corrected chi connectivity index (χ1v) is 7.85. The van der Waals surface area contributed by atoms with Gasteiger partial charge in [-0.2, -0.15) is 0 Å². The van der Waals surface area contributed by atoms with Crippen molar-refractivity contribution in [3.05, 3.63) is 10.4 Å². The van der Waals surface area contributed by atoms with Gasteiger partial charge in [-0.3, -0.25) is 4.79 Å². The lowest BCUT2D eigenvalue weighted by Gasteiger charge is -2.31. The number of nitrogens with two attached hydrogens (primary N) is 2. The van der Waals surface area contributed by atoms with Crippen molar-refractivity contribution in [2.75, 3.05) is 30.8 Å². The van der Waals surface area contributed by atoms with E-state index in [1.54, 1.807) is 6.92 Å². The minimum Gasteiger partial charge on any atom is -0.465 e. The van der Waals surface area contributed by atoms with E-state index in [1.807, 2.05) is 0 Å². The molecule has 0 spiro atoms. The molecule has 1 aliphatic heterocycles. The molecule has 2 heterocycles. The molecule has 0 radical (unpaired) electrons. The molecule has 2 rings (SSSR count). The van der Waals surface area contributed by atoms with Crippen molar-refractivity contribution in [3.63, 3.8) is 0 Å². The third-order valence-electron chi connectivity index (χ3n) is 3.72. The Kier molecular flexibility index (Phi) is 4.84. The normalized spacial score (nSPS) is 16.0. The maximum absolute atomic E-state index is 12.0. The van der Waals surface area contributed by atoms with E-state index in [-0.39, 0.29) is 17.5 Å². The summed E-state index contributed by atoms with van der Waals surface area (Å²) < 4.78 is 4.82. The first kappa shape index (κ1) is 15.8. The van der Waals surface area contributed by atoms with E-state index < -0.39 is 5.97 Å². The van der Waals surface area contributed by atoms with E-state index in [0.717, 1.165) is 30.9 Å². The summed E-state index contributed by atoms with van der Waals surface area (Å²) in [6, 6.07) is 0.192. The van der Waals surface area contributed by atoms with Gasteiger partial charge in [0.15, 0.2) is 5.78 Å². The molecule has 1 aliphatic rings. The number of Topliss-reactive ketones (excluding diaryl/α,β-unsaturated/α-hetero) is 1.